The van der Waals surface area contributed by atoms with Crippen LogP contribution < -0.4 is 24.8 Å². The van der Waals surface area contributed by atoms with E-state index in [9.17, 15) is 4.79 Å². The van der Waals surface area contributed by atoms with Crippen molar-refractivity contribution in [3.63, 3.8) is 0 Å². The van der Waals surface area contributed by atoms with E-state index in [1.165, 1.54) is 0 Å². The van der Waals surface area contributed by atoms with E-state index in [0.717, 1.165) is 17.1 Å². The zero-order valence-corrected chi connectivity index (χ0v) is 18.4. The molecule has 0 atom stereocenters. The van der Waals surface area contributed by atoms with E-state index >= 15 is 0 Å². The van der Waals surface area contributed by atoms with Crippen molar-refractivity contribution in [1.82, 2.24) is 10.2 Å². The summed E-state index contributed by atoms with van der Waals surface area (Å²) in [5.41, 5.74) is 2.92. The van der Waals surface area contributed by atoms with Crippen molar-refractivity contribution in [2.45, 2.75) is 13.3 Å². The topological polar surface area (TPSA) is 108 Å². The molecule has 0 fully saturated rings. The molecule has 1 aliphatic heterocycles. The van der Waals surface area contributed by atoms with Crippen LogP contribution in [0.25, 0.3) is 11.5 Å². The Balaban J connectivity index is 1.22. The number of ether oxygens (including phenoxy) is 3. The van der Waals surface area contributed by atoms with Crippen LogP contribution in [0, 0.1) is 0 Å². The number of carbonyl (C=O) groups is 1. The summed E-state index contributed by atoms with van der Waals surface area (Å²) in [4.78, 5) is 12.4. The first-order valence-corrected chi connectivity index (χ1v) is 10.8. The summed E-state index contributed by atoms with van der Waals surface area (Å²) in [7, 11) is 0. The van der Waals surface area contributed by atoms with Gasteiger partial charge in [0.2, 0.25) is 18.6 Å². The van der Waals surface area contributed by atoms with Gasteiger partial charge in [0.15, 0.2) is 11.5 Å². The Morgan fingerprint density at radius 1 is 0.941 bits per heavy atom. The molecular weight excluding hydrogens is 436 g/mol. The number of hydrogen-bond donors (Lipinski definition) is 2. The molecule has 0 spiro atoms. The summed E-state index contributed by atoms with van der Waals surface area (Å²) >= 11 is 0. The number of urea groups is 1. The average molecular weight is 458 g/mol. The third kappa shape index (κ3) is 4.93. The van der Waals surface area contributed by atoms with Gasteiger partial charge in [-0.25, -0.2) is 4.79 Å². The number of fused-ring (bicyclic) bond motifs is 1. The van der Waals surface area contributed by atoms with Gasteiger partial charge in [-0.05, 0) is 67.1 Å². The lowest BCUT2D eigenvalue weighted by atomic mass is 10.1. The first kappa shape index (κ1) is 21.3. The molecule has 4 aromatic rings. The van der Waals surface area contributed by atoms with Gasteiger partial charge in [-0.15, -0.1) is 10.2 Å². The number of amides is 2. The predicted octanol–water partition coefficient (Wildman–Crippen LogP) is 5.10. The summed E-state index contributed by atoms with van der Waals surface area (Å²) in [6.45, 7) is 2.73. The number of nitrogens with zero attached hydrogens (tertiary/aromatic N) is 2. The standard InChI is InChI=1S/C25H22N4O5/c1-2-31-20-9-7-18(8-10-20)26-25(30)27-19-5-3-4-17(14-19)24-29-28-23(34-24)13-16-6-11-21-22(12-16)33-15-32-21/h3-12,14H,2,13,15H2,1H3,(H2,26,27,30). The Morgan fingerprint density at radius 2 is 1.76 bits per heavy atom. The SMILES string of the molecule is CCOc1ccc(NC(=O)Nc2cccc(-c3nnc(Cc4ccc5c(c4)OCO5)o3)c2)cc1. The van der Waals surface area contributed by atoms with E-state index in [1.807, 2.05) is 37.3 Å². The maximum Gasteiger partial charge on any atom is 0.323 e. The van der Waals surface area contributed by atoms with E-state index < -0.39 is 0 Å². The van der Waals surface area contributed by atoms with Crippen molar-refractivity contribution in [3.05, 3.63) is 78.2 Å². The third-order valence-electron chi connectivity index (χ3n) is 5.05. The fraction of sp³-hybridized carbons (Fsp3) is 0.160. The van der Waals surface area contributed by atoms with E-state index in [4.69, 9.17) is 18.6 Å². The molecule has 9 nitrogen and oxygen atoms in total. The highest BCUT2D eigenvalue weighted by Gasteiger charge is 2.15. The molecule has 0 unspecified atom stereocenters. The Morgan fingerprint density at radius 3 is 2.62 bits per heavy atom. The van der Waals surface area contributed by atoms with Gasteiger partial charge in [-0.1, -0.05) is 12.1 Å². The molecule has 0 saturated heterocycles. The van der Waals surface area contributed by atoms with Crippen LogP contribution >= 0.6 is 0 Å². The molecule has 1 aliphatic rings. The summed E-state index contributed by atoms with van der Waals surface area (Å²) in [5.74, 6) is 3.02. The van der Waals surface area contributed by atoms with E-state index in [2.05, 4.69) is 20.8 Å². The highest BCUT2D eigenvalue weighted by atomic mass is 16.7. The van der Waals surface area contributed by atoms with E-state index in [0.29, 0.717) is 47.5 Å². The number of hydrogen-bond acceptors (Lipinski definition) is 7. The van der Waals surface area contributed by atoms with Crippen LogP contribution in [-0.4, -0.2) is 29.6 Å². The monoisotopic (exact) mass is 458 g/mol. The summed E-state index contributed by atoms with van der Waals surface area (Å²) in [5, 5.41) is 13.9. The van der Waals surface area contributed by atoms with Crippen LogP contribution in [0.5, 0.6) is 17.2 Å². The maximum atomic E-state index is 12.4. The molecule has 5 rings (SSSR count). The molecule has 0 saturated carbocycles. The summed E-state index contributed by atoms with van der Waals surface area (Å²) in [6.07, 6.45) is 0.464. The number of benzene rings is 3. The lowest BCUT2D eigenvalue weighted by molar-refractivity contribution is 0.174. The minimum absolute atomic E-state index is 0.228. The van der Waals surface area contributed by atoms with Crippen LogP contribution in [0.4, 0.5) is 16.2 Å². The van der Waals surface area contributed by atoms with Gasteiger partial charge >= 0.3 is 6.03 Å². The van der Waals surface area contributed by atoms with Gasteiger partial charge in [0, 0.05) is 16.9 Å². The van der Waals surface area contributed by atoms with E-state index in [-0.39, 0.29) is 12.8 Å². The van der Waals surface area contributed by atoms with Crippen LogP contribution in [0.1, 0.15) is 18.4 Å². The highest BCUT2D eigenvalue weighted by Crippen LogP contribution is 2.33. The van der Waals surface area contributed by atoms with Gasteiger partial charge in [-0.2, -0.15) is 0 Å². The molecule has 9 heteroatoms. The van der Waals surface area contributed by atoms with Crippen molar-refractivity contribution in [2.75, 3.05) is 24.0 Å². The molecule has 0 radical (unpaired) electrons. The maximum absolute atomic E-state index is 12.4. The Hall–Kier alpha value is -4.53. The van der Waals surface area contributed by atoms with Crippen LogP contribution in [-0.2, 0) is 6.42 Å². The molecular formula is C25H22N4O5. The van der Waals surface area contributed by atoms with Gasteiger partial charge in [0.05, 0.1) is 13.0 Å². The second-order valence-electron chi connectivity index (χ2n) is 7.48. The molecule has 2 heterocycles. The number of rotatable bonds is 7. The smallest absolute Gasteiger partial charge is 0.323 e. The second kappa shape index (κ2) is 9.53. The molecule has 0 aliphatic carbocycles. The van der Waals surface area contributed by atoms with Crippen molar-refractivity contribution in [2.24, 2.45) is 0 Å². The Kier molecular flexibility index (Phi) is 5.98. The molecule has 3 aromatic carbocycles. The fourth-order valence-corrected chi connectivity index (χ4v) is 3.49. The zero-order valence-electron chi connectivity index (χ0n) is 18.4. The van der Waals surface area contributed by atoms with Crippen molar-refractivity contribution in [3.8, 4) is 28.7 Å². The van der Waals surface area contributed by atoms with Gasteiger partial charge < -0.3 is 29.3 Å². The summed E-state index contributed by atoms with van der Waals surface area (Å²) in [6, 6.07) is 19.7. The van der Waals surface area contributed by atoms with Crippen molar-refractivity contribution in [1.29, 1.82) is 0 Å². The number of nitrogens with one attached hydrogen (secondary N) is 2. The van der Waals surface area contributed by atoms with Crippen molar-refractivity contribution >= 4 is 17.4 Å². The lowest BCUT2D eigenvalue weighted by Gasteiger charge is -2.09. The molecule has 34 heavy (non-hydrogen) atoms. The van der Waals surface area contributed by atoms with Gasteiger partial charge in [-0.3, -0.25) is 0 Å². The normalized spacial score (nSPS) is 11.8. The first-order chi connectivity index (χ1) is 16.7. The molecule has 2 amide bonds. The third-order valence-corrected chi connectivity index (χ3v) is 5.05. The molecule has 0 bridgehead atoms. The van der Waals surface area contributed by atoms with Gasteiger partial charge in [0.1, 0.15) is 5.75 Å². The van der Waals surface area contributed by atoms with Crippen LogP contribution in [0.2, 0.25) is 0 Å². The van der Waals surface area contributed by atoms with Gasteiger partial charge in [0.25, 0.3) is 0 Å². The minimum atomic E-state index is -0.365. The van der Waals surface area contributed by atoms with Crippen molar-refractivity contribution < 1.29 is 23.4 Å². The zero-order chi connectivity index (χ0) is 23.3. The van der Waals surface area contributed by atoms with Crippen LogP contribution in [0.15, 0.2) is 71.1 Å². The quantitative estimate of drug-likeness (QED) is 0.397. The molecule has 1 aromatic heterocycles. The Bertz CT molecular complexity index is 1300. The lowest BCUT2D eigenvalue weighted by Crippen LogP contribution is -2.19. The number of carbonyl (C=O) groups excluding carboxylic acids is 1. The predicted molar refractivity (Wildman–Crippen MR) is 125 cm³/mol. The number of anilines is 2. The minimum Gasteiger partial charge on any atom is -0.494 e. The van der Waals surface area contributed by atoms with Crippen LogP contribution in [0.3, 0.4) is 0 Å². The largest absolute Gasteiger partial charge is 0.494 e. The second-order valence-corrected chi connectivity index (χ2v) is 7.48. The molecule has 2 N–H and O–H groups in total. The Labute approximate surface area is 195 Å². The number of aromatic nitrogens is 2. The average Bonchev–Trinajstić information content (AvgIpc) is 3.50. The first-order valence-electron chi connectivity index (χ1n) is 10.8. The highest BCUT2D eigenvalue weighted by molar-refractivity contribution is 6.00. The molecule has 172 valence electrons. The summed E-state index contributed by atoms with van der Waals surface area (Å²) < 4.78 is 22.0. The fourth-order valence-electron chi connectivity index (χ4n) is 3.49. The van der Waals surface area contributed by atoms with E-state index in [1.54, 1.807) is 36.4 Å².